The Balaban J connectivity index is 2.10. The normalized spacial score (nSPS) is 20.1. The average molecular weight is 344 g/mol. The van der Waals surface area contributed by atoms with Crippen LogP contribution in [-0.4, -0.2) is 4.89 Å². The van der Waals surface area contributed by atoms with Crippen LogP contribution in [0.3, 0.4) is 0 Å². The van der Waals surface area contributed by atoms with Crippen LogP contribution in [0.15, 0.2) is 42.5 Å². The third kappa shape index (κ3) is 3.16. The van der Waals surface area contributed by atoms with E-state index in [1.165, 1.54) is 0 Å². The SMILES string of the molecule is CC(C)(C)CC(C)(C)c1ccc2c(c1)OP(=O)(O)c1ccccc1-2. The zero-order valence-corrected chi connectivity index (χ0v) is 15.9. The second kappa shape index (κ2) is 5.47. The quantitative estimate of drug-likeness (QED) is 0.755. The molecule has 24 heavy (non-hydrogen) atoms. The van der Waals surface area contributed by atoms with E-state index in [1.54, 1.807) is 12.1 Å². The summed E-state index contributed by atoms with van der Waals surface area (Å²) in [7, 11) is -3.82. The molecule has 0 bridgehead atoms. The number of hydrogen-bond donors (Lipinski definition) is 1. The molecular weight excluding hydrogens is 319 g/mol. The van der Waals surface area contributed by atoms with E-state index in [4.69, 9.17) is 4.52 Å². The van der Waals surface area contributed by atoms with Gasteiger partial charge in [0, 0.05) is 11.1 Å². The van der Waals surface area contributed by atoms with Gasteiger partial charge in [-0.3, -0.25) is 0 Å². The fourth-order valence-electron chi connectivity index (χ4n) is 3.80. The van der Waals surface area contributed by atoms with Gasteiger partial charge in [-0.2, -0.15) is 0 Å². The predicted molar refractivity (Wildman–Crippen MR) is 99.1 cm³/mol. The predicted octanol–water partition coefficient (Wildman–Crippen LogP) is 5.27. The molecule has 0 saturated heterocycles. The Morgan fingerprint density at radius 3 is 2.33 bits per heavy atom. The van der Waals surface area contributed by atoms with Crippen LogP contribution in [0.2, 0.25) is 0 Å². The summed E-state index contributed by atoms with van der Waals surface area (Å²) in [5.74, 6) is 0.499. The monoisotopic (exact) mass is 344 g/mol. The third-order valence-electron chi connectivity index (χ3n) is 4.46. The molecule has 0 fully saturated rings. The summed E-state index contributed by atoms with van der Waals surface area (Å²) in [5, 5.41) is 0.374. The zero-order chi connectivity index (χ0) is 17.8. The molecule has 1 aliphatic heterocycles. The Labute approximate surface area is 144 Å². The van der Waals surface area contributed by atoms with Gasteiger partial charge >= 0.3 is 7.60 Å². The van der Waals surface area contributed by atoms with Crippen molar-refractivity contribution in [3.05, 3.63) is 48.0 Å². The molecule has 1 unspecified atom stereocenters. The maximum atomic E-state index is 12.5. The number of fused-ring (bicyclic) bond motifs is 3. The highest BCUT2D eigenvalue weighted by Gasteiger charge is 2.35. The van der Waals surface area contributed by atoms with Crippen LogP contribution in [0, 0.1) is 5.41 Å². The lowest BCUT2D eigenvalue weighted by molar-refractivity contribution is 0.283. The highest BCUT2D eigenvalue weighted by molar-refractivity contribution is 7.62. The summed E-state index contributed by atoms with van der Waals surface area (Å²) in [6, 6.07) is 13.2. The first-order valence-electron chi connectivity index (χ1n) is 8.27. The summed E-state index contributed by atoms with van der Waals surface area (Å²) < 4.78 is 18.1. The van der Waals surface area contributed by atoms with Gasteiger partial charge in [-0.1, -0.05) is 65.0 Å². The lowest BCUT2D eigenvalue weighted by Gasteiger charge is -2.34. The van der Waals surface area contributed by atoms with Crippen molar-refractivity contribution in [1.82, 2.24) is 0 Å². The molecule has 128 valence electrons. The van der Waals surface area contributed by atoms with Gasteiger partial charge < -0.3 is 9.42 Å². The minimum atomic E-state index is -3.82. The van der Waals surface area contributed by atoms with Crippen molar-refractivity contribution in [3.63, 3.8) is 0 Å². The van der Waals surface area contributed by atoms with Crippen LogP contribution in [-0.2, 0) is 9.98 Å². The number of rotatable bonds is 2. The number of benzene rings is 2. The minimum Gasteiger partial charge on any atom is -0.421 e. The fourth-order valence-corrected chi connectivity index (χ4v) is 5.09. The molecule has 1 heterocycles. The van der Waals surface area contributed by atoms with Gasteiger partial charge in [0.1, 0.15) is 5.75 Å². The van der Waals surface area contributed by atoms with Crippen LogP contribution in [0.1, 0.15) is 46.6 Å². The van der Waals surface area contributed by atoms with Crippen molar-refractivity contribution in [1.29, 1.82) is 0 Å². The molecule has 3 nitrogen and oxygen atoms in total. The van der Waals surface area contributed by atoms with Crippen molar-refractivity contribution in [2.75, 3.05) is 0 Å². The van der Waals surface area contributed by atoms with Crippen LogP contribution < -0.4 is 9.83 Å². The van der Waals surface area contributed by atoms with Crippen LogP contribution in [0.25, 0.3) is 11.1 Å². The average Bonchev–Trinajstić information content (AvgIpc) is 2.44. The van der Waals surface area contributed by atoms with Crippen molar-refractivity contribution in [3.8, 4) is 16.9 Å². The topological polar surface area (TPSA) is 46.5 Å². The van der Waals surface area contributed by atoms with Gasteiger partial charge in [-0.05, 0) is 34.9 Å². The van der Waals surface area contributed by atoms with Crippen molar-refractivity contribution in [2.45, 2.75) is 46.5 Å². The van der Waals surface area contributed by atoms with Gasteiger partial charge in [0.2, 0.25) is 0 Å². The lowest BCUT2D eigenvalue weighted by Crippen LogP contribution is -2.25. The second-order valence-corrected chi connectivity index (χ2v) is 10.2. The van der Waals surface area contributed by atoms with Crippen LogP contribution >= 0.6 is 7.60 Å². The first-order valence-corrected chi connectivity index (χ1v) is 9.84. The smallest absolute Gasteiger partial charge is 0.408 e. The zero-order valence-electron chi connectivity index (χ0n) is 15.0. The van der Waals surface area contributed by atoms with E-state index in [2.05, 4.69) is 40.7 Å². The van der Waals surface area contributed by atoms with Crippen molar-refractivity contribution >= 4 is 12.9 Å². The van der Waals surface area contributed by atoms with Crippen LogP contribution in [0.4, 0.5) is 0 Å². The molecule has 0 aliphatic carbocycles. The molecule has 1 N–H and O–H groups in total. The van der Waals surface area contributed by atoms with Gasteiger partial charge in [0.05, 0.1) is 5.30 Å². The highest BCUT2D eigenvalue weighted by Crippen LogP contribution is 2.52. The molecule has 0 saturated carbocycles. The fraction of sp³-hybridized carbons (Fsp3) is 0.400. The molecule has 0 spiro atoms. The standard InChI is InChI=1S/C20H25O3P/c1-19(2,3)13-20(4,5)14-10-11-15-16-8-6-7-9-18(16)24(21,22)23-17(15)12-14/h6-12H,13H2,1-5H3,(H,21,22). The Bertz CT molecular complexity index is 831. The van der Waals surface area contributed by atoms with E-state index < -0.39 is 7.60 Å². The molecule has 4 heteroatoms. The lowest BCUT2D eigenvalue weighted by atomic mass is 9.72. The molecule has 2 aromatic rings. The highest BCUT2D eigenvalue weighted by atomic mass is 31.2. The first-order chi connectivity index (χ1) is 11.0. The van der Waals surface area contributed by atoms with E-state index in [-0.39, 0.29) is 10.8 Å². The summed E-state index contributed by atoms with van der Waals surface area (Å²) in [6.45, 7) is 11.1. The third-order valence-corrected chi connectivity index (χ3v) is 5.90. The molecule has 3 rings (SSSR count). The maximum absolute atomic E-state index is 12.5. The van der Waals surface area contributed by atoms with Crippen LogP contribution in [0.5, 0.6) is 5.75 Å². The first kappa shape index (κ1) is 17.3. The Hall–Kier alpha value is -1.57. The molecule has 0 amide bonds. The van der Waals surface area contributed by atoms with Gasteiger partial charge in [0.25, 0.3) is 0 Å². The molecule has 1 aliphatic rings. The molecule has 1 atom stereocenters. The summed E-state index contributed by atoms with van der Waals surface area (Å²) in [5.41, 5.74) is 2.92. The number of hydrogen-bond acceptors (Lipinski definition) is 2. The van der Waals surface area contributed by atoms with Crippen molar-refractivity contribution in [2.24, 2.45) is 5.41 Å². The summed E-state index contributed by atoms with van der Waals surface area (Å²) in [4.78, 5) is 10.3. The molecular formula is C20H25O3P. The van der Waals surface area contributed by atoms with E-state index in [9.17, 15) is 9.46 Å². The van der Waals surface area contributed by atoms with E-state index in [1.807, 2.05) is 24.3 Å². The second-order valence-electron chi connectivity index (χ2n) is 8.46. The van der Waals surface area contributed by atoms with Crippen molar-refractivity contribution < 1.29 is 14.0 Å². The Morgan fingerprint density at radius 1 is 1.00 bits per heavy atom. The van der Waals surface area contributed by atoms with Gasteiger partial charge in [-0.25, -0.2) is 4.57 Å². The Morgan fingerprint density at radius 2 is 1.67 bits per heavy atom. The maximum Gasteiger partial charge on any atom is 0.408 e. The largest absolute Gasteiger partial charge is 0.421 e. The molecule has 0 radical (unpaired) electrons. The summed E-state index contributed by atoms with van der Waals surface area (Å²) in [6.07, 6.45) is 1.01. The molecule has 0 aromatic heterocycles. The van der Waals surface area contributed by atoms with E-state index in [0.29, 0.717) is 11.1 Å². The van der Waals surface area contributed by atoms with E-state index in [0.717, 1.165) is 23.1 Å². The van der Waals surface area contributed by atoms with Gasteiger partial charge in [0.15, 0.2) is 0 Å². The van der Waals surface area contributed by atoms with E-state index >= 15 is 0 Å². The summed E-state index contributed by atoms with van der Waals surface area (Å²) >= 11 is 0. The Kier molecular flexibility index (Phi) is 3.94. The minimum absolute atomic E-state index is 0.0486. The van der Waals surface area contributed by atoms with Gasteiger partial charge in [-0.15, -0.1) is 0 Å². The molecule has 2 aromatic carbocycles.